The lowest BCUT2D eigenvalue weighted by Crippen LogP contribution is -2.29. The monoisotopic (exact) mass is 237 g/mol. The van der Waals surface area contributed by atoms with Gasteiger partial charge >= 0.3 is 0 Å². The molecular weight excluding hydrogens is 218 g/mol. The van der Waals surface area contributed by atoms with Crippen molar-refractivity contribution in [2.24, 2.45) is 5.92 Å². The van der Waals surface area contributed by atoms with Crippen LogP contribution in [0, 0.1) is 12.8 Å². The van der Waals surface area contributed by atoms with Crippen molar-refractivity contribution >= 4 is 5.91 Å². The SMILES string of the molecule is Cc1cc(C(=O)NCCC(O)C(C)C)ncn1. The summed E-state index contributed by atoms with van der Waals surface area (Å²) in [5.74, 6) is -0.0281. The first-order chi connectivity index (χ1) is 8.00. The summed E-state index contributed by atoms with van der Waals surface area (Å²) >= 11 is 0. The summed E-state index contributed by atoms with van der Waals surface area (Å²) in [6, 6.07) is 1.63. The zero-order chi connectivity index (χ0) is 12.8. The van der Waals surface area contributed by atoms with Crippen LogP contribution in [0.25, 0.3) is 0 Å². The molecule has 0 bridgehead atoms. The molecule has 94 valence electrons. The van der Waals surface area contributed by atoms with E-state index in [1.807, 2.05) is 13.8 Å². The topological polar surface area (TPSA) is 75.1 Å². The van der Waals surface area contributed by atoms with Gasteiger partial charge in [-0.1, -0.05) is 13.8 Å². The van der Waals surface area contributed by atoms with Crippen LogP contribution in [0.1, 0.15) is 36.5 Å². The van der Waals surface area contributed by atoms with Crippen molar-refractivity contribution in [2.75, 3.05) is 6.54 Å². The Labute approximate surface area is 101 Å². The van der Waals surface area contributed by atoms with Crippen molar-refractivity contribution in [3.8, 4) is 0 Å². The molecule has 1 rings (SSSR count). The largest absolute Gasteiger partial charge is 0.393 e. The number of hydrogen-bond acceptors (Lipinski definition) is 4. The fourth-order valence-corrected chi connectivity index (χ4v) is 1.34. The van der Waals surface area contributed by atoms with Crippen molar-refractivity contribution in [3.63, 3.8) is 0 Å². The molecule has 5 nitrogen and oxygen atoms in total. The van der Waals surface area contributed by atoms with E-state index in [0.29, 0.717) is 18.7 Å². The second kappa shape index (κ2) is 6.30. The molecule has 0 aliphatic carbocycles. The van der Waals surface area contributed by atoms with Gasteiger partial charge in [-0.2, -0.15) is 0 Å². The number of hydrogen-bond donors (Lipinski definition) is 2. The minimum Gasteiger partial charge on any atom is -0.393 e. The highest BCUT2D eigenvalue weighted by molar-refractivity contribution is 5.92. The fourth-order valence-electron chi connectivity index (χ4n) is 1.34. The van der Waals surface area contributed by atoms with E-state index in [-0.39, 0.29) is 17.9 Å². The molecule has 0 saturated carbocycles. The predicted octanol–water partition coefficient (Wildman–Crippen LogP) is 0.922. The highest BCUT2D eigenvalue weighted by Crippen LogP contribution is 2.04. The summed E-state index contributed by atoms with van der Waals surface area (Å²) < 4.78 is 0. The zero-order valence-corrected chi connectivity index (χ0v) is 10.5. The number of nitrogens with one attached hydrogen (secondary N) is 1. The second-order valence-corrected chi connectivity index (χ2v) is 4.40. The third kappa shape index (κ3) is 4.48. The molecule has 0 saturated heterocycles. The van der Waals surface area contributed by atoms with Gasteiger partial charge in [-0.3, -0.25) is 4.79 Å². The quantitative estimate of drug-likeness (QED) is 0.798. The molecule has 0 aliphatic rings. The molecule has 17 heavy (non-hydrogen) atoms. The molecule has 1 aromatic rings. The van der Waals surface area contributed by atoms with E-state index < -0.39 is 0 Å². The lowest BCUT2D eigenvalue weighted by atomic mass is 10.0. The van der Waals surface area contributed by atoms with Crippen LogP contribution in [-0.4, -0.2) is 33.6 Å². The number of carbonyl (C=O) groups is 1. The Hall–Kier alpha value is -1.49. The number of carbonyl (C=O) groups excluding carboxylic acids is 1. The van der Waals surface area contributed by atoms with E-state index in [1.165, 1.54) is 6.33 Å². The molecule has 0 aromatic carbocycles. The second-order valence-electron chi connectivity index (χ2n) is 4.40. The van der Waals surface area contributed by atoms with Gasteiger partial charge in [0.25, 0.3) is 5.91 Å². The van der Waals surface area contributed by atoms with Gasteiger partial charge < -0.3 is 10.4 Å². The first-order valence-electron chi connectivity index (χ1n) is 5.75. The van der Waals surface area contributed by atoms with Crippen molar-refractivity contribution in [3.05, 3.63) is 23.8 Å². The Balaban J connectivity index is 2.40. The predicted molar refractivity (Wildman–Crippen MR) is 64.6 cm³/mol. The molecule has 0 spiro atoms. The summed E-state index contributed by atoms with van der Waals surface area (Å²) in [6.45, 7) is 6.14. The van der Waals surface area contributed by atoms with Gasteiger partial charge in [0.1, 0.15) is 12.0 Å². The number of aromatic nitrogens is 2. The Morgan fingerprint density at radius 1 is 1.47 bits per heavy atom. The Kier molecular flexibility index (Phi) is 5.03. The fraction of sp³-hybridized carbons (Fsp3) is 0.583. The molecule has 5 heteroatoms. The molecule has 2 N–H and O–H groups in total. The van der Waals surface area contributed by atoms with Crippen molar-refractivity contribution in [1.29, 1.82) is 0 Å². The van der Waals surface area contributed by atoms with Crippen molar-refractivity contribution < 1.29 is 9.90 Å². The maximum atomic E-state index is 11.7. The molecule has 1 atom stereocenters. The highest BCUT2D eigenvalue weighted by Gasteiger charge is 2.11. The van der Waals surface area contributed by atoms with Crippen LogP contribution >= 0.6 is 0 Å². The van der Waals surface area contributed by atoms with Crippen LogP contribution < -0.4 is 5.32 Å². The van der Waals surface area contributed by atoms with Gasteiger partial charge in [-0.25, -0.2) is 9.97 Å². The first kappa shape index (κ1) is 13.6. The van der Waals surface area contributed by atoms with Crippen LogP contribution in [0.4, 0.5) is 0 Å². The van der Waals surface area contributed by atoms with E-state index in [0.717, 1.165) is 5.69 Å². The van der Waals surface area contributed by atoms with Crippen LogP contribution in [0.2, 0.25) is 0 Å². The number of rotatable bonds is 5. The average Bonchev–Trinajstić information content (AvgIpc) is 2.28. The van der Waals surface area contributed by atoms with Crippen molar-refractivity contribution in [1.82, 2.24) is 15.3 Å². The lowest BCUT2D eigenvalue weighted by molar-refractivity contribution is 0.0915. The van der Waals surface area contributed by atoms with E-state index in [4.69, 9.17) is 0 Å². The van der Waals surface area contributed by atoms with Crippen LogP contribution in [0.3, 0.4) is 0 Å². The van der Waals surface area contributed by atoms with Crippen LogP contribution in [0.15, 0.2) is 12.4 Å². The van der Waals surface area contributed by atoms with Gasteiger partial charge in [0, 0.05) is 12.2 Å². The number of aliphatic hydroxyl groups excluding tert-OH is 1. The maximum Gasteiger partial charge on any atom is 0.270 e. The van der Waals surface area contributed by atoms with E-state index in [9.17, 15) is 9.90 Å². The van der Waals surface area contributed by atoms with E-state index in [2.05, 4.69) is 15.3 Å². The first-order valence-corrected chi connectivity index (χ1v) is 5.75. The molecule has 1 heterocycles. The Bertz CT molecular complexity index is 380. The molecule has 0 radical (unpaired) electrons. The van der Waals surface area contributed by atoms with E-state index in [1.54, 1.807) is 13.0 Å². The minimum atomic E-state index is -0.387. The lowest BCUT2D eigenvalue weighted by Gasteiger charge is -2.14. The smallest absolute Gasteiger partial charge is 0.270 e. The molecule has 1 unspecified atom stereocenters. The Morgan fingerprint density at radius 2 is 2.18 bits per heavy atom. The maximum absolute atomic E-state index is 11.7. The number of nitrogens with zero attached hydrogens (tertiary/aromatic N) is 2. The molecule has 1 amide bonds. The van der Waals surface area contributed by atoms with E-state index >= 15 is 0 Å². The summed E-state index contributed by atoms with van der Waals surface area (Å²) in [5.41, 5.74) is 1.11. The number of aryl methyl sites for hydroxylation is 1. The van der Waals surface area contributed by atoms with Gasteiger partial charge in [-0.05, 0) is 25.3 Å². The normalized spacial score (nSPS) is 12.5. The molecular formula is C12H19N3O2. The summed E-state index contributed by atoms with van der Waals surface area (Å²) in [4.78, 5) is 19.5. The third-order valence-corrected chi connectivity index (χ3v) is 2.53. The summed E-state index contributed by atoms with van der Waals surface area (Å²) in [5, 5.41) is 12.3. The number of amides is 1. The van der Waals surface area contributed by atoms with Gasteiger partial charge in [0.2, 0.25) is 0 Å². The Morgan fingerprint density at radius 3 is 2.76 bits per heavy atom. The van der Waals surface area contributed by atoms with Crippen molar-refractivity contribution in [2.45, 2.75) is 33.3 Å². The number of aliphatic hydroxyl groups is 1. The minimum absolute atomic E-state index is 0.202. The van der Waals surface area contributed by atoms with Gasteiger partial charge in [0.05, 0.1) is 6.10 Å². The van der Waals surface area contributed by atoms with Crippen LogP contribution in [-0.2, 0) is 0 Å². The van der Waals surface area contributed by atoms with Gasteiger partial charge in [0.15, 0.2) is 0 Å². The highest BCUT2D eigenvalue weighted by atomic mass is 16.3. The molecule has 0 aliphatic heterocycles. The third-order valence-electron chi connectivity index (χ3n) is 2.53. The van der Waals surface area contributed by atoms with Gasteiger partial charge in [-0.15, -0.1) is 0 Å². The average molecular weight is 237 g/mol. The zero-order valence-electron chi connectivity index (χ0n) is 10.5. The summed E-state index contributed by atoms with van der Waals surface area (Å²) in [7, 11) is 0. The summed E-state index contributed by atoms with van der Waals surface area (Å²) in [6.07, 6.45) is 1.53. The van der Waals surface area contributed by atoms with Crippen LogP contribution in [0.5, 0.6) is 0 Å². The molecule has 1 aromatic heterocycles. The molecule has 0 fully saturated rings. The standard InChI is InChI=1S/C12H19N3O2/c1-8(2)11(16)4-5-13-12(17)10-6-9(3)14-7-15-10/h6-8,11,16H,4-5H2,1-3H3,(H,13,17).